The van der Waals surface area contributed by atoms with Crippen molar-refractivity contribution in [1.29, 1.82) is 0 Å². The molecule has 2 aromatic rings. The number of pyridine rings is 1. The van der Waals surface area contributed by atoms with E-state index in [9.17, 15) is 9.50 Å². The molecule has 1 aromatic carbocycles. The highest BCUT2D eigenvalue weighted by molar-refractivity contribution is 5.42. The highest BCUT2D eigenvalue weighted by atomic mass is 19.1. The van der Waals surface area contributed by atoms with Gasteiger partial charge in [-0.15, -0.1) is 0 Å². The van der Waals surface area contributed by atoms with Crippen LogP contribution in [-0.2, 0) is 12.0 Å². The maximum atomic E-state index is 13.9. The van der Waals surface area contributed by atoms with Gasteiger partial charge in [0.2, 0.25) is 0 Å². The van der Waals surface area contributed by atoms with E-state index >= 15 is 0 Å². The fourth-order valence-corrected chi connectivity index (χ4v) is 2.57. The Labute approximate surface area is 124 Å². The summed E-state index contributed by atoms with van der Waals surface area (Å²) in [5, 5.41) is 10.7. The third-order valence-electron chi connectivity index (χ3n) is 3.72. The summed E-state index contributed by atoms with van der Waals surface area (Å²) < 4.78 is 19.3. The summed E-state index contributed by atoms with van der Waals surface area (Å²) in [5.74, 6) is 0.337. The smallest absolute Gasteiger partial charge is 0.129 e. The molecule has 0 amide bonds. The first-order valence-electron chi connectivity index (χ1n) is 6.83. The number of methoxy groups -OCH3 is 1. The Balaban J connectivity index is 2.40. The van der Waals surface area contributed by atoms with Crippen molar-refractivity contribution in [2.75, 3.05) is 7.11 Å². The second-order valence-electron chi connectivity index (χ2n) is 5.48. The molecule has 0 radical (unpaired) electrons. The van der Waals surface area contributed by atoms with Crippen molar-refractivity contribution in [2.45, 2.75) is 32.8 Å². The predicted molar refractivity (Wildman–Crippen MR) is 79.9 cm³/mol. The lowest BCUT2D eigenvalue weighted by Gasteiger charge is -2.25. The van der Waals surface area contributed by atoms with Gasteiger partial charge in [-0.2, -0.15) is 0 Å². The van der Waals surface area contributed by atoms with Crippen LogP contribution in [0.25, 0.3) is 0 Å². The highest BCUT2D eigenvalue weighted by Crippen LogP contribution is 2.31. The molecule has 1 unspecified atom stereocenters. The second-order valence-corrected chi connectivity index (χ2v) is 5.48. The summed E-state index contributed by atoms with van der Waals surface area (Å²) >= 11 is 0. The Bertz CT molecular complexity index is 653. The number of aliphatic hydroxyl groups is 1. The van der Waals surface area contributed by atoms with Gasteiger partial charge < -0.3 is 9.84 Å². The summed E-state index contributed by atoms with van der Waals surface area (Å²) in [6.07, 6.45) is 1.93. The van der Waals surface area contributed by atoms with Crippen molar-refractivity contribution in [3.63, 3.8) is 0 Å². The third kappa shape index (κ3) is 3.05. The molecule has 1 atom stereocenters. The largest absolute Gasteiger partial charge is 0.496 e. The molecule has 1 N–H and O–H groups in total. The van der Waals surface area contributed by atoms with Gasteiger partial charge in [0.05, 0.1) is 18.4 Å². The van der Waals surface area contributed by atoms with Gasteiger partial charge in [-0.3, -0.25) is 4.98 Å². The van der Waals surface area contributed by atoms with Crippen molar-refractivity contribution in [2.24, 2.45) is 0 Å². The molecule has 0 aliphatic carbocycles. The standard InChI is InChI=1S/C17H20FNO2/c1-11-10-19-15(12(2)16(11)21-4)9-17(3,20)13-7-5-6-8-14(13)18/h5-8,10,20H,9H2,1-4H3. The van der Waals surface area contributed by atoms with Gasteiger partial charge >= 0.3 is 0 Å². The number of hydrogen-bond acceptors (Lipinski definition) is 3. The number of rotatable bonds is 4. The zero-order chi connectivity index (χ0) is 15.6. The maximum absolute atomic E-state index is 13.9. The second kappa shape index (κ2) is 5.82. The van der Waals surface area contributed by atoms with Crippen LogP contribution in [-0.4, -0.2) is 17.2 Å². The maximum Gasteiger partial charge on any atom is 0.129 e. The summed E-state index contributed by atoms with van der Waals surface area (Å²) in [7, 11) is 1.61. The minimum absolute atomic E-state index is 0.219. The average molecular weight is 289 g/mol. The molecule has 4 heteroatoms. The Kier molecular flexibility index (Phi) is 4.28. The molecule has 0 aliphatic rings. The Morgan fingerprint density at radius 2 is 1.95 bits per heavy atom. The van der Waals surface area contributed by atoms with Crippen LogP contribution in [0.1, 0.15) is 29.3 Å². The van der Waals surface area contributed by atoms with Gasteiger partial charge in [0.15, 0.2) is 0 Å². The first kappa shape index (κ1) is 15.4. The van der Waals surface area contributed by atoms with E-state index in [0.717, 1.165) is 16.9 Å². The van der Waals surface area contributed by atoms with Crippen LogP contribution in [0.15, 0.2) is 30.5 Å². The SMILES string of the molecule is COc1c(C)cnc(CC(C)(O)c2ccccc2F)c1C. The summed E-state index contributed by atoms with van der Waals surface area (Å²) in [6.45, 7) is 5.40. The van der Waals surface area contributed by atoms with E-state index in [4.69, 9.17) is 4.74 Å². The fraction of sp³-hybridized carbons (Fsp3) is 0.353. The first-order chi connectivity index (χ1) is 9.86. The Hall–Kier alpha value is -1.94. The molecule has 112 valence electrons. The summed E-state index contributed by atoms with van der Waals surface area (Å²) in [4.78, 5) is 4.36. The lowest BCUT2D eigenvalue weighted by atomic mass is 9.89. The van der Waals surface area contributed by atoms with Gasteiger partial charge in [-0.25, -0.2) is 4.39 Å². The highest BCUT2D eigenvalue weighted by Gasteiger charge is 2.28. The van der Waals surface area contributed by atoms with E-state index in [0.29, 0.717) is 5.69 Å². The number of halogens is 1. The van der Waals surface area contributed by atoms with E-state index < -0.39 is 11.4 Å². The molecule has 2 rings (SSSR count). The molecule has 0 saturated carbocycles. The molecule has 21 heavy (non-hydrogen) atoms. The molecular formula is C17H20FNO2. The molecule has 0 saturated heterocycles. The van der Waals surface area contributed by atoms with Gasteiger partial charge in [0, 0.05) is 29.3 Å². The third-order valence-corrected chi connectivity index (χ3v) is 3.72. The number of ether oxygens (including phenoxy) is 1. The van der Waals surface area contributed by atoms with Crippen LogP contribution < -0.4 is 4.74 Å². The van der Waals surface area contributed by atoms with Gasteiger partial charge in [0.1, 0.15) is 11.6 Å². The van der Waals surface area contributed by atoms with Crippen molar-refractivity contribution in [1.82, 2.24) is 4.98 Å². The average Bonchev–Trinajstić information content (AvgIpc) is 2.43. The predicted octanol–water partition coefficient (Wildman–Crippen LogP) is 3.30. The zero-order valence-electron chi connectivity index (χ0n) is 12.8. The molecule has 0 spiro atoms. The van der Waals surface area contributed by atoms with Crippen LogP contribution in [0.3, 0.4) is 0 Å². The van der Waals surface area contributed by atoms with Crippen LogP contribution >= 0.6 is 0 Å². The Morgan fingerprint density at radius 3 is 2.57 bits per heavy atom. The van der Waals surface area contributed by atoms with Crippen LogP contribution in [0, 0.1) is 19.7 Å². The lowest BCUT2D eigenvalue weighted by Crippen LogP contribution is -2.26. The van der Waals surface area contributed by atoms with Crippen LogP contribution in [0.5, 0.6) is 5.75 Å². The van der Waals surface area contributed by atoms with Crippen molar-refractivity contribution in [3.8, 4) is 5.75 Å². The zero-order valence-corrected chi connectivity index (χ0v) is 12.8. The number of aryl methyl sites for hydroxylation is 1. The van der Waals surface area contributed by atoms with Gasteiger partial charge in [0.25, 0.3) is 0 Å². The number of hydrogen-bond donors (Lipinski definition) is 1. The van der Waals surface area contributed by atoms with Gasteiger partial charge in [-0.05, 0) is 26.8 Å². The van der Waals surface area contributed by atoms with Crippen LogP contribution in [0.4, 0.5) is 4.39 Å². The molecule has 1 heterocycles. The monoisotopic (exact) mass is 289 g/mol. The van der Waals surface area contributed by atoms with E-state index in [2.05, 4.69) is 4.98 Å². The summed E-state index contributed by atoms with van der Waals surface area (Å²) in [6, 6.07) is 6.26. The normalized spacial score (nSPS) is 13.8. The molecular weight excluding hydrogens is 269 g/mol. The van der Waals surface area contributed by atoms with Crippen molar-refractivity contribution in [3.05, 3.63) is 58.7 Å². The van der Waals surface area contributed by atoms with E-state index in [1.54, 1.807) is 38.4 Å². The molecule has 0 bridgehead atoms. The minimum atomic E-state index is -1.33. The Morgan fingerprint density at radius 1 is 1.29 bits per heavy atom. The van der Waals surface area contributed by atoms with Crippen molar-refractivity contribution < 1.29 is 14.2 Å². The van der Waals surface area contributed by atoms with E-state index in [1.165, 1.54) is 6.07 Å². The van der Waals surface area contributed by atoms with E-state index in [1.807, 2.05) is 13.8 Å². The summed E-state index contributed by atoms with van der Waals surface area (Å²) in [5.41, 5.74) is 1.44. The molecule has 3 nitrogen and oxygen atoms in total. The molecule has 1 aromatic heterocycles. The number of benzene rings is 1. The van der Waals surface area contributed by atoms with Crippen LogP contribution in [0.2, 0.25) is 0 Å². The topological polar surface area (TPSA) is 42.4 Å². The molecule has 0 fully saturated rings. The minimum Gasteiger partial charge on any atom is -0.496 e. The number of nitrogens with zero attached hydrogens (tertiary/aromatic N) is 1. The number of aromatic nitrogens is 1. The quantitative estimate of drug-likeness (QED) is 0.939. The van der Waals surface area contributed by atoms with E-state index in [-0.39, 0.29) is 12.0 Å². The fourth-order valence-electron chi connectivity index (χ4n) is 2.57. The molecule has 0 aliphatic heterocycles. The van der Waals surface area contributed by atoms with Gasteiger partial charge in [-0.1, -0.05) is 18.2 Å². The first-order valence-corrected chi connectivity index (χ1v) is 6.83. The lowest BCUT2D eigenvalue weighted by molar-refractivity contribution is 0.0525. The van der Waals surface area contributed by atoms with Crippen molar-refractivity contribution >= 4 is 0 Å².